The number of aliphatic carboxylic acids is 1. The van der Waals surface area contributed by atoms with Crippen LogP contribution in [0.1, 0.15) is 18.1 Å². The Balaban J connectivity index is 1.65. The molecular weight excluding hydrogens is 436 g/mol. The molecule has 1 saturated heterocycles. The zero-order valence-electron chi connectivity index (χ0n) is 16.6. The van der Waals surface area contributed by atoms with Crippen LogP contribution < -0.4 is 10.1 Å². The lowest BCUT2D eigenvalue weighted by atomic mass is 10.2. The van der Waals surface area contributed by atoms with Gasteiger partial charge in [-0.05, 0) is 36.3 Å². The third-order valence-corrected chi connectivity index (χ3v) is 5.71. The van der Waals surface area contributed by atoms with Crippen molar-refractivity contribution in [3.05, 3.63) is 70.6 Å². The number of hydrogen-bond donors (Lipinski definition) is 2. The van der Waals surface area contributed by atoms with Crippen LogP contribution in [0.25, 0.3) is 6.08 Å². The molecule has 1 fully saturated rings. The van der Waals surface area contributed by atoms with Crippen molar-refractivity contribution >= 4 is 52.2 Å². The normalized spacial score (nSPS) is 15.8. The van der Waals surface area contributed by atoms with Crippen LogP contribution in [0, 0.1) is 0 Å². The molecule has 1 unspecified atom stereocenters. The molecule has 0 radical (unpaired) electrons. The molecule has 1 atom stereocenters. The molecule has 1 aliphatic heterocycles. The van der Waals surface area contributed by atoms with Crippen LogP contribution in [0.5, 0.6) is 5.75 Å². The Morgan fingerprint density at radius 1 is 1.23 bits per heavy atom. The summed E-state index contributed by atoms with van der Waals surface area (Å²) in [7, 11) is 0. The summed E-state index contributed by atoms with van der Waals surface area (Å²) in [5.74, 6) is -1.49. The van der Waals surface area contributed by atoms with Gasteiger partial charge < -0.3 is 15.2 Å². The number of carboxylic acid groups (broad SMARTS) is 1. The topological polar surface area (TPSA) is 95.9 Å². The fourth-order valence-corrected chi connectivity index (χ4v) is 3.97. The Labute approximate surface area is 189 Å². The van der Waals surface area contributed by atoms with Gasteiger partial charge in [0, 0.05) is 0 Å². The third-order valence-electron chi connectivity index (χ3n) is 4.33. The summed E-state index contributed by atoms with van der Waals surface area (Å²) in [5.41, 5.74) is 1.80. The van der Waals surface area contributed by atoms with Crippen LogP contribution in [0.4, 0.5) is 0 Å². The number of amides is 2. The highest BCUT2D eigenvalue weighted by Gasteiger charge is 2.33. The first-order valence-electron chi connectivity index (χ1n) is 9.38. The van der Waals surface area contributed by atoms with Crippen molar-refractivity contribution in [1.29, 1.82) is 0 Å². The number of thioether (sulfide) groups is 1. The minimum atomic E-state index is -1.16. The lowest BCUT2D eigenvalue weighted by molar-refractivity contribution is -0.141. The quantitative estimate of drug-likeness (QED) is 0.466. The van der Waals surface area contributed by atoms with Crippen molar-refractivity contribution < 1.29 is 24.2 Å². The molecular formula is C22H20N2O5S2. The van der Waals surface area contributed by atoms with E-state index in [0.717, 1.165) is 27.8 Å². The fourth-order valence-electron chi connectivity index (χ4n) is 2.72. The molecule has 2 N–H and O–H groups in total. The van der Waals surface area contributed by atoms with Crippen LogP contribution in [-0.4, -0.2) is 44.7 Å². The lowest BCUT2D eigenvalue weighted by Crippen LogP contribution is -2.45. The van der Waals surface area contributed by atoms with Gasteiger partial charge in [-0.3, -0.25) is 19.3 Å². The van der Waals surface area contributed by atoms with Gasteiger partial charge in [-0.1, -0.05) is 66.4 Å². The molecule has 2 aromatic rings. The number of carbonyl (C=O) groups excluding carboxylic acids is 2. The fraction of sp³-hybridized carbons (Fsp3) is 0.182. The zero-order valence-corrected chi connectivity index (χ0v) is 18.2. The van der Waals surface area contributed by atoms with Gasteiger partial charge >= 0.3 is 5.97 Å². The third kappa shape index (κ3) is 6.16. The number of ether oxygens (including phenoxy) is 1. The van der Waals surface area contributed by atoms with E-state index in [1.54, 1.807) is 6.08 Å². The average molecular weight is 457 g/mol. The first-order valence-corrected chi connectivity index (χ1v) is 10.6. The number of carboxylic acids is 1. The van der Waals surface area contributed by atoms with Crippen molar-refractivity contribution in [2.75, 3.05) is 6.54 Å². The highest BCUT2D eigenvalue weighted by molar-refractivity contribution is 8.26. The molecule has 3 rings (SSSR count). The van der Waals surface area contributed by atoms with Gasteiger partial charge in [0.25, 0.3) is 5.91 Å². The molecule has 160 valence electrons. The van der Waals surface area contributed by atoms with E-state index in [-0.39, 0.29) is 10.9 Å². The molecule has 0 saturated carbocycles. The maximum atomic E-state index is 12.7. The van der Waals surface area contributed by atoms with E-state index in [1.807, 2.05) is 54.6 Å². The highest BCUT2D eigenvalue weighted by atomic mass is 32.2. The monoisotopic (exact) mass is 456 g/mol. The maximum Gasteiger partial charge on any atom is 0.325 e. The second-order valence-electron chi connectivity index (χ2n) is 6.74. The number of nitrogens with zero attached hydrogens (tertiary/aromatic N) is 1. The summed E-state index contributed by atoms with van der Waals surface area (Å²) in [6, 6.07) is 16.0. The number of rotatable bonds is 8. The van der Waals surface area contributed by atoms with Crippen LogP contribution in [-0.2, 0) is 21.0 Å². The molecule has 7 nitrogen and oxygen atoms in total. The van der Waals surface area contributed by atoms with Gasteiger partial charge in [-0.2, -0.15) is 0 Å². The Hall–Kier alpha value is -3.17. The predicted octanol–water partition coefficient (Wildman–Crippen LogP) is 3.06. The molecule has 9 heteroatoms. The zero-order chi connectivity index (χ0) is 22.4. The number of hydrogen-bond acceptors (Lipinski definition) is 6. The summed E-state index contributed by atoms with van der Waals surface area (Å²) in [6.45, 7) is 1.44. The summed E-state index contributed by atoms with van der Waals surface area (Å²) in [6.07, 6.45) is 1.69. The smallest absolute Gasteiger partial charge is 0.325 e. The van der Waals surface area contributed by atoms with Crippen LogP contribution in [0.3, 0.4) is 0 Å². The van der Waals surface area contributed by atoms with Crippen molar-refractivity contribution in [2.24, 2.45) is 0 Å². The lowest BCUT2D eigenvalue weighted by Gasteiger charge is -2.15. The first kappa shape index (κ1) is 22.5. The summed E-state index contributed by atoms with van der Waals surface area (Å²) >= 11 is 6.31. The molecule has 2 amide bonds. The van der Waals surface area contributed by atoms with E-state index < -0.39 is 23.8 Å². The second-order valence-corrected chi connectivity index (χ2v) is 8.42. The molecule has 0 aliphatic carbocycles. The van der Waals surface area contributed by atoms with Gasteiger partial charge in [0.1, 0.15) is 29.3 Å². The number of nitrogens with one attached hydrogen (secondary N) is 1. The highest BCUT2D eigenvalue weighted by Crippen LogP contribution is 2.32. The van der Waals surface area contributed by atoms with E-state index in [9.17, 15) is 14.4 Å². The minimum Gasteiger partial charge on any atom is -0.489 e. The van der Waals surface area contributed by atoms with Crippen molar-refractivity contribution in [3.63, 3.8) is 0 Å². The first-order chi connectivity index (χ1) is 14.8. The Kier molecular flexibility index (Phi) is 7.43. The maximum absolute atomic E-state index is 12.7. The Morgan fingerprint density at radius 3 is 2.68 bits per heavy atom. The molecule has 2 aromatic carbocycles. The van der Waals surface area contributed by atoms with Crippen LogP contribution in [0.2, 0.25) is 0 Å². The number of carbonyl (C=O) groups is 3. The van der Waals surface area contributed by atoms with Crippen LogP contribution in [0.15, 0.2) is 59.5 Å². The van der Waals surface area contributed by atoms with Gasteiger partial charge in [-0.25, -0.2) is 0 Å². The Morgan fingerprint density at radius 2 is 1.97 bits per heavy atom. The molecule has 1 aliphatic rings. The van der Waals surface area contributed by atoms with Gasteiger partial charge in [0.2, 0.25) is 5.91 Å². The summed E-state index contributed by atoms with van der Waals surface area (Å²) < 4.78 is 6.06. The van der Waals surface area contributed by atoms with Gasteiger partial charge in [0.15, 0.2) is 0 Å². The SMILES string of the molecule is CC(NC(=O)CN1C(=O)/C(=C/c2cccc(OCc3ccccc3)c2)SC1=S)C(=O)O. The van der Waals surface area contributed by atoms with Crippen molar-refractivity contribution in [3.8, 4) is 5.75 Å². The van der Waals surface area contributed by atoms with E-state index >= 15 is 0 Å². The van der Waals surface area contributed by atoms with Crippen molar-refractivity contribution in [1.82, 2.24) is 10.2 Å². The summed E-state index contributed by atoms with van der Waals surface area (Å²) in [5, 5.41) is 11.2. The van der Waals surface area contributed by atoms with Crippen LogP contribution >= 0.6 is 24.0 Å². The molecule has 0 bridgehead atoms. The largest absolute Gasteiger partial charge is 0.489 e. The molecule has 0 spiro atoms. The van der Waals surface area contributed by atoms with E-state index in [0.29, 0.717) is 17.3 Å². The van der Waals surface area contributed by atoms with E-state index in [1.165, 1.54) is 6.92 Å². The standard InChI is InChI=1S/C22H20N2O5S2/c1-14(21(27)28)23-19(25)12-24-20(26)18(31-22(24)30)11-16-8-5-9-17(10-16)29-13-15-6-3-2-4-7-15/h2-11,14H,12-13H2,1H3,(H,23,25)(H,27,28)/b18-11-. The van der Waals surface area contributed by atoms with E-state index in [4.69, 9.17) is 22.1 Å². The number of benzene rings is 2. The Bertz CT molecular complexity index is 1040. The predicted molar refractivity (Wildman–Crippen MR) is 122 cm³/mol. The molecule has 31 heavy (non-hydrogen) atoms. The van der Waals surface area contributed by atoms with E-state index in [2.05, 4.69) is 5.32 Å². The number of thiocarbonyl (C=S) groups is 1. The summed E-state index contributed by atoms with van der Waals surface area (Å²) in [4.78, 5) is 37.1. The minimum absolute atomic E-state index is 0.242. The molecule has 0 aromatic heterocycles. The molecule has 1 heterocycles. The average Bonchev–Trinajstić information content (AvgIpc) is 3.00. The second kappa shape index (κ2) is 10.2. The van der Waals surface area contributed by atoms with Gasteiger partial charge in [-0.15, -0.1) is 0 Å². The van der Waals surface area contributed by atoms with Crippen molar-refractivity contribution in [2.45, 2.75) is 19.6 Å². The van der Waals surface area contributed by atoms with Gasteiger partial charge in [0.05, 0.1) is 4.91 Å².